The van der Waals surface area contributed by atoms with E-state index in [9.17, 15) is 0 Å². The van der Waals surface area contributed by atoms with Crippen LogP contribution >= 0.6 is 15.9 Å². The lowest BCUT2D eigenvalue weighted by atomic mass is 10.1. The van der Waals surface area contributed by atoms with Crippen molar-refractivity contribution in [3.8, 4) is 0 Å². The zero-order valence-electron chi connectivity index (χ0n) is 8.61. The first kappa shape index (κ1) is 12.4. The van der Waals surface area contributed by atoms with Crippen LogP contribution in [-0.2, 0) is 9.78 Å². The Hall–Kier alpha value is 0.400. The molecule has 0 saturated heterocycles. The molecule has 3 heteroatoms. The highest BCUT2D eigenvalue weighted by Gasteiger charge is 2.22. The predicted octanol–water partition coefficient (Wildman–Crippen LogP) is 3.30. The van der Waals surface area contributed by atoms with Crippen LogP contribution in [0.25, 0.3) is 0 Å². The highest BCUT2D eigenvalue weighted by atomic mass is 79.9. The minimum Gasteiger partial charge on any atom is -0.230 e. The van der Waals surface area contributed by atoms with Crippen LogP contribution in [0.15, 0.2) is 0 Å². The van der Waals surface area contributed by atoms with E-state index < -0.39 is 0 Å². The van der Waals surface area contributed by atoms with Gasteiger partial charge >= 0.3 is 0 Å². The first-order chi connectivity index (χ1) is 5.27. The van der Waals surface area contributed by atoms with Crippen molar-refractivity contribution in [3.63, 3.8) is 0 Å². The van der Waals surface area contributed by atoms with Crippen molar-refractivity contribution in [2.24, 2.45) is 0 Å². The van der Waals surface area contributed by atoms with Gasteiger partial charge in [-0.2, -0.15) is 0 Å². The van der Waals surface area contributed by atoms with E-state index in [4.69, 9.17) is 9.78 Å². The molecule has 0 rings (SSSR count). The van der Waals surface area contributed by atoms with E-state index in [1.807, 2.05) is 34.6 Å². The first-order valence-electron chi connectivity index (χ1n) is 4.20. The van der Waals surface area contributed by atoms with Crippen molar-refractivity contribution < 1.29 is 9.78 Å². The summed E-state index contributed by atoms with van der Waals surface area (Å²) in [6.45, 7) is 9.94. The number of rotatable bonds is 4. The normalized spacial score (nSPS) is 13.5. The molecule has 0 radical (unpaired) electrons. The van der Waals surface area contributed by atoms with Crippen LogP contribution in [0, 0.1) is 0 Å². The van der Waals surface area contributed by atoms with Gasteiger partial charge in [-0.15, -0.1) is 0 Å². The molecule has 0 saturated carbocycles. The van der Waals surface area contributed by atoms with Crippen LogP contribution in [0.4, 0.5) is 0 Å². The molecule has 0 bridgehead atoms. The van der Waals surface area contributed by atoms with Crippen LogP contribution in [0.1, 0.15) is 41.0 Å². The Morgan fingerprint density at radius 3 is 1.83 bits per heavy atom. The average molecular weight is 239 g/mol. The van der Waals surface area contributed by atoms with Crippen molar-refractivity contribution in [2.45, 2.75) is 52.2 Å². The third-order valence-corrected chi connectivity index (χ3v) is 1.61. The molecule has 0 amide bonds. The summed E-state index contributed by atoms with van der Waals surface area (Å²) in [4.78, 5) is 10.5. The lowest BCUT2D eigenvalue weighted by Crippen LogP contribution is -2.30. The highest BCUT2D eigenvalue weighted by molar-refractivity contribution is 9.09. The molecule has 0 aliphatic rings. The topological polar surface area (TPSA) is 18.5 Å². The average Bonchev–Trinajstić information content (AvgIpc) is 1.83. The zero-order valence-corrected chi connectivity index (χ0v) is 10.2. The molecule has 0 N–H and O–H groups in total. The van der Waals surface area contributed by atoms with E-state index in [0.29, 0.717) is 0 Å². The van der Waals surface area contributed by atoms with E-state index in [1.54, 1.807) is 0 Å². The van der Waals surface area contributed by atoms with Crippen molar-refractivity contribution in [3.05, 3.63) is 0 Å². The number of alkyl halides is 1. The Morgan fingerprint density at radius 2 is 1.50 bits per heavy atom. The minimum absolute atomic E-state index is 0.212. The molecule has 0 aromatic heterocycles. The van der Waals surface area contributed by atoms with Gasteiger partial charge in [-0.3, -0.25) is 0 Å². The van der Waals surface area contributed by atoms with E-state index in [0.717, 1.165) is 11.8 Å². The molecule has 0 aromatic carbocycles. The predicted molar refractivity (Wildman–Crippen MR) is 54.4 cm³/mol. The maximum Gasteiger partial charge on any atom is 0.0988 e. The first-order valence-corrected chi connectivity index (χ1v) is 5.32. The minimum atomic E-state index is -0.233. The van der Waals surface area contributed by atoms with E-state index >= 15 is 0 Å². The molecule has 74 valence electrons. The van der Waals surface area contributed by atoms with Crippen LogP contribution in [0.5, 0.6) is 0 Å². The number of hydrogen-bond donors (Lipinski definition) is 0. The van der Waals surface area contributed by atoms with Crippen LogP contribution in [-0.4, -0.2) is 16.5 Å². The van der Waals surface area contributed by atoms with Crippen molar-refractivity contribution in [1.82, 2.24) is 0 Å². The summed E-state index contributed by atoms with van der Waals surface area (Å²) < 4.78 is 0. The van der Waals surface area contributed by atoms with Crippen molar-refractivity contribution in [2.75, 3.05) is 5.33 Å². The Labute approximate surface area is 83.7 Å². The summed E-state index contributed by atoms with van der Waals surface area (Å²) in [7, 11) is 0. The van der Waals surface area contributed by atoms with E-state index in [-0.39, 0.29) is 11.2 Å². The maximum atomic E-state index is 5.30. The molecule has 2 nitrogen and oxygen atoms in total. The molecule has 12 heavy (non-hydrogen) atoms. The molecule has 0 heterocycles. The largest absolute Gasteiger partial charge is 0.230 e. The second-order valence-corrected chi connectivity index (χ2v) is 5.27. The summed E-state index contributed by atoms with van der Waals surface area (Å²) in [6.07, 6.45) is 0.934. The van der Waals surface area contributed by atoms with Crippen LogP contribution in [0.2, 0.25) is 0 Å². The smallest absolute Gasteiger partial charge is 0.0988 e. The summed E-state index contributed by atoms with van der Waals surface area (Å²) in [5, 5.41) is 0.924. The number of halogens is 1. The highest BCUT2D eigenvalue weighted by Crippen LogP contribution is 2.19. The van der Waals surface area contributed by atoms with E-state index in [2.05, 4.69) is 15.9 Å². The summed E-state index contributed by atoms with van der Waals surface area (Å²) >= 11 is 3.37. The Balaban J connectivity index is 3.75. The van der Waals surface area contributed by atoms with Gasteiger partial charge in [0.2, 0.25) is 0 Å². The Kier molecular flexibility index (Phi) is 4.74. The molecule has 0 aliphatic carbocycles. The van der Waals surface area contributed by atoms with Gasteiger partial charge in [0.05, 0.1) is 11.2 Å². The Bertz CT molecular complexity index is 127. The van der Waals surface area contributed by atoms with E-state index in [1.165, 1.54) is 0 Å². The van der Waals surface area contributed by atoms with Gasteiger partial charge in [0.15, 0.2) is 0 Å². The summed E-state index contributed by atoms with van der Waals surface area (Å²) in [5.41, 5.74) is -0.444. The molecular weight excluding hydrogens is 220 g/mol. The van der Waals surface area contributed by atoms with Gasteiger partial charge in [0.1, 0.15) is 0 Å². The molecule has 0 unspecified atom stereocenters. The quantitative estimate of drug-likeness (QED) is 0.425. The second kappa shape index (κ2) is 4.58. The maximum absolute atomic E-state index is 5.30. The standard InChI is InChI=1S/C9H19BrO2/c1-8(2,3)11-12-9(4,5)6-7-10/h6-7H2,1-5H3. The fraction of sp³-hybridized carbons (Fsp3) is 1.00. The van der Waals surface area contributed by atoms with Gasteiger partial charge in [0.25, 0.3) is 0 Å². The van der Waals surface area contributed by atoms with Gasteiger partial charge in [-0.25, -0.2) is 9.78 Å². The number of hydrogen-bond acceptors (Lipinski definition) is 2. The third-order valence-electron chi connectivity index (χ3n) is 1.21. The van der Waals surface area contributed by atoms with Crippen LogP contribution in [0.3, 0.4) is 0 Å². The monoisotopic (exact) mass is 238 g/mol. The summed E-state index contributed by atoms with van der Waals surface area (Å²) in [6, 6.07) is 0. The Morgan fingerprint density at radius 1 is 1.00 bits per heavy atom. The molecule has 0 spiro atoms. The van der Waals surface area contributed by atoms with Crippen LogP contribution < -0.4 is 0 Å². The molecule has 0 aliphatic heterocycles. The molecular formula is C9H19BrO2. The molecule has 0 aromatic rings. The fourth-order valence-corrected chi connectivity index (χ4v) is 1.46. The van der Waals surface area contributed by atoms with Gasteiger partial charge in [-0.1, -0.05) is 15.9 Å². The van der Waals surface area contributed by atoms with Gasteiger partial charge in [-0.05, 0) is 41.0 Å². The lowest BCUT2D eigenvalue weighted by molar-refractivity contribution is -0.397. The van der Waals surface area contributed by atoms with Crippen molar-refractivity contribution in [1.29, 1.82) is 0 Å². The summed E-state index contributed by atoms with van der Waals surface area (Å²) in [5.74, 6) is 0. The molecule has 0 fully saturated rings. The SMILES string of the molecule is CC(C)(C)OOC(C)(C)CCBr. The molecule has 0 atom stereocenters. The lowest BCUT2D eigenvalue weighted by Gasteiger charge is -2.27. The van der Waals surface area contributed by atoms with Crippen molar-refractivity contribution >= 4 is 15.9 Å². The zero-order chi connectivity index (χ0) is 9.83. The second-order valence-electron chi connectivity index (χ2n) is 4.48. The van der Waals surface area contributed by atoms with Gasteiger partial charge < -0.3 is 0 Å². The van der Waals surface area contributed by atoms with Gasteiger partial charge in [0, 0.05) is 5.33 Å². The third kappa shape index (κ3) is 7.07. The fourth-order valence-electron chi connectivity index (χ4n) is 0.507.